The third kappa shape index (κ3) is 3.44. The average molecular weight is 249 g/mol. The predicted molar refractivity (Wildman–Crippen MR) is 56.9 cm³/mol. The number of carboxylic acid groups (broad SMARTS) is 1. The van der Waals surface area contributed by atoms with Gasteiger partial charge in [-0.3, -0.25) is 0 Å². The van der Waals surface area contributed by atoms with Crippen LogP contribution in [0, 0.1) is 11.3 Å². The quantitative estimate of drug-likeness (QED) is 0.596. The van der Waals surface area contributed by atoms with E-state index in [4.69, 9.17) is 5.26 Å². The maximum atomic E-state index is 10.5. The van der Waals surface area contributed by atoms with Gasteiger partial charge in [-0.15, -0.1) is 0 Å². The van der Waals surface area contributed by atoms with E-state index in [1.165, 1.54) is 6.20 Å². The van der Waals surface area contributed by atoms with E-state index in [1.54, 1.807) is 24.3 Å². The van der Waals surface area contributed by atoms with Gasteiger partial charge in [-0.1, -0.05) is 12.1 Å². The van der Waals surface area contributed by atoms with Crippen molar-refractivity contribution >= 4 is 5.97 Å². The first-order valence-corrected chi connectivity index (χ1v) is 4.93. The van der Waals surface area contributed by atoms with Gasteiger partial charge in [-0.05, 0) is 17.7 Å². The van der Waals surface area contributed by atoms with Crippen molar-refractivity contribution in [2.45, 2.75) is 6.42 Å². The number of benzene rings is 1. The molecular formula is C12H8N3NaO2. The molecule has 0 aliphatic heterocycles. The normalized spacial score (nSPS) is 9.28. The largest absolute Gasteiger partial charge is 1.00 e. The molecule has 84 valence electrons. The summed E-state index contributed by atoms with van der Waals surface area (Å²) in [6.07, 6.45) is 1.72. The van der Waals surface area contributed by atoms with Crippen LogP contribution < -0.4 is 34.7 Å². The SMILES string of the molecule is N#Cc1ccc(Cc2ncc(C(=O)[O-])[nH]2)cc1.[Na+]. The fourth-order valence-corrected chi connectivity index (χ4v) is 1.45. The smallest absolute Gasteiger partial charge is 0.543 e. The van der Waals surface area contributed by atoms with Gasteiger partial charge in [-0.2, -0.15) is 5.26 Å². The van der Waals surface area contributed by atoms with Crippen LogP contribution in [0.4, 0.5) is 0 Å². The molecule has 0 saturated carbocycles. The first-order valence-electron chi connectivity index (χ1n) is 4.93. The van der Waals surface area contributed by atoms with Crippen LogP contribution in [0.1, 0.15) is 27.4 Å². The van der Waals surface area contributed by atoms with Crippen LogP contribution in [0.25, 0.3) is 0 Å². The van der Waals surface area contributed by atoms with E-state index in [0.29, 0.717) is 17.8 Å². The van der Waals surface area contributed by atoms with Gasteiger partial charge in [-0.25, -0.2) is 4.98 Å². The molecule has 1 aromatic carbocycles. The molecule has 1 heterocycles. The second kappa shape index (κ2) is 6.36. The number of aromatic amines is 1. The summed E-state index contributed by atoms with van der Waals surface area (Å²) in [4.78, 5) is 17.1. The van der Waals surface area contributed by atoms with Gasteiger partial charge in [0.25, 0.3) is 0 Å². The Hall–Kier alpha value is -1.61. The molecular weight excluding hydrogens is 241 g/mol. The minimum absolute atomic E-state index is 0. The van der Waals surface area contributed by atoms with E-state index in [9.17, 15) is 9.90 Å². The van der Waals surface area contributed by atoms with E-state index >= 15 is 0 Å². The Morgan fingerprint density at radius 2 is 2.06 bits per heavy atom. The molecule has 0 aliphatic carbocycles. The zero-order valence-corrected chi connectivity index (χ0v) is 11.8. The van der Waals surface area contributed by atoms with Crippen molar-refractivity contribution in [1.82, 2.24) is 9.97 Å². The topological polar surface area (TPSA) is 92.6 Å². The monoisotopic (exact) mass is 249 g/mol. The maximum Gasteiger partial charge on any atom is 1.00 e. The number of carbonyl (C=O) groups excluding carboxylic acids is 1. The Morgan fingerprint density at radius 3 is 2.56 bits per heavy atom. The molecule has 1 aromatic heterocycles. The van der Waals surface area contributed by atoms with Gasteiger partial charge in [0.05, 0.1) is 29.5 Å². The van der Waals surface area contributed by atoms with Crippen LogP contribution in [0.5, 0.6) is 0 Å². The number of aromatic carboxylic acids is 1. The number of aromatic nitrogens is 2. The molecule has 0 spiro atoms. The van der Waals surface area contributed by atoms with Crippen LogP contribution >= 0.6 is 0 Å². The molecule has 1 N–H and O–H groups in total. The zero-order valence-electron chi connectivity index (χ0n) is 9.80. The molecule has 0 fully saturated rings. The van der Waals surface area contributed by atoms with Crippen LogP contribution in [-0.4, -0.2) is 15.9 Å². The second-order valence-electron chi connectivity index (χ2n) is 3.52. The number of nitriles is 1. The summed E-state index contributed by atoms with van der Waals surface area (Å²) in [5, 5.41) is 19.2. The number of carbonyl (C=O) groups is 1. The summed E-state index contributed by atoms with van der Waals surface area (Å²) < 4.78 is 0. The van der Waals surface area contributed by atoms with Crippen molar-refractivity contribution in [2.24, 2.45) is 0 Å². The first-order chi connectivity index (χ1) is 8.19. The molecule has 2 rings (SSSR count). The first kappa shape index (κ1) is 14.5. The zero-order chi connectivity index (χ0) is 12.3. The number of H-pyrrole nitrogens is 1. The number of imidazole rings is 1. The van der Waals surface area contributed by atoms with Gasteiger partial charge < -0.3 is 14.9 Å². The Bertz CT molecular complexity index is 584. The third-order valence-corrected chi connectivity index (χ3v) is 2.30. The summed E-state index contributed by atoms with van der Waals surface area (Å²) in [6, 6.07) is 9.05. The molecule has 0 aliphatic rings. The third-order valence-electron chi connectivity index (χ3n) is 2.30. The number of hydrogen-bond acceptors (Lipinski definition) is 4. The van der Waals surface area contributed by atoms with Gasteiger partial charge in [0, 0.05) is 6.42 Å². The maximum absolute atomic E-state index is 10.5. The van der Waals surface area contributed by atoms with Crippen molar-refractivity contribution < 1.29 is 39.5 Å². The summed E-state index contributed by atoms with van der Waals surface area (Å²) in [5.41, 5.74) is 1.50. The van der Waals surface area contributed by atoms with Gasteiger partial charge >= 0.3 is 29.6 Å². The standard InChI is InChI=1S/C12H9N3O2.Na/c13-6-9-3-1-8(2-4-9)5-11-14-7-10(15-11)12(16)17;/h1-4,7H,5H2,(H,14,15)(H,16,17);/q;+1/p-1. The molecule has 0 unspecified atom stereocenters. The molecule has 0 saturated heterocycles. The number of nitrogens with one attached hydrogen (secondary N) is 1. The van der Waals surface area contributed by atoms with Crippen LogP contribution in [0.2, 0.25) is 0 Å². The fourth-order valence-electron chi connectivity index (χ4n) is 1.45. The van der Waals surface area contributed by atoms with E-state index in [-0.39, 0.29) is 35.3 Å². The summed E-state index contributed by atoms with van der Waals surface area (Å²) in [5.74, 6) is -0.725. The number of hydrogen-bond donors (Lipinski definition) is 1. The molecule has 18 heavy (non-hydrogen) atoms. The molecule has 0 amide bonds. The van der Waals surface area contributed by atoms with E-state index in [0.717, 1.165) is 5.56 Å². The van der Waals surface area contributed by atoms with Crippen molar-refractivity contribution in [3.05, 3.63) is 53.1 Å². The average Bonchev–Trinajstić information content (AvgIpc) is 2.79. The second-order valence-corrected chi connectivity index (χ2v) is 3.52. The van der Waals surface area contributed by atoms with Crippen molar-refractivity contribution in [3.63, 3.8) is 0 Å². The molecule has 6 heteroatoms. The minimum atomic E-state index is -1.27. The Labute approximate surface area is 126 Å². The van der Waals surface area contributed by atoms with Crippen molar-refractivity contribution in [2.75, 3.05) is 0 Å². The fraction of sp³-hybridized carbons (Fsp3) is 0.0833. The number of nitrogens with zero attached hydrogens (tertiary/aromatic N) is 2. The molecule has 0 atom stereocenters. The van der Waals surface area contributed by atoms with Crippen LogP contribution in [-0.2, 0) is 6.42 Å². The Morgan fingerprint density at radius 1 is 1.39 bits per heavy atom. The molecule has 2 aromatic rings. The summed E-state index contributed by atoms with van der Waals surface area (Å²) in [6.45, 7) is 0. The van der Waals surface area contributed by atoms with E-state index in [1.807, 2.05) is 6.07 Å². The van der Waals surface area contributed by atoms with Crippen LogP contribution in [0.15, 0.2) is 30.5 Å². The molecule has 5 nitrogen and oxygen atoms in total. The van der Waals surface area contributed by atoms with Crippen LogP contribution in [0.3, 0.4) is 0 Å². The summed E-state index contributed by atoms with van der Waals surface area (Å²) >= 11 is 0. The van der Waals surface area contributed by atoms with Crippen molar-refractivity contribution in [1.29, 1.82) is 5.26 Å². The van der Waals surface area contributed by atoms with Crippen molar-refractivity contribution in [3.8, 4) is 6.07 Å². The minimum Gasteiger partial charge on any atom is -0.543 e. The molecule has 0 bridgehead atoms. The molecule has 0 radical (unpaired) electrons. The number of rotatable bonds is 3. The van der Waals surface area contributed by atoms with Gasteiger partial charge in [0.2, 0.25) is 0 Å². The van der Waals surface area contributed by atoms with E-state index < -0.39 is 5.97 Å². The van der Waals surface area contributed by atoms with Gasteiger partial charge in [0.1, 0.15) is 5.82 Å². The van der Waals surface area contributed by atoms with E-state index in [2.05, 4.69) is 9.97 Å². The summed E-state index contributed by atoms with van der Waals surface area (Å²) in [7, 11) is 0. The number of carboxylic acids is 1. The Balaban J connectivity index is 0.00000162. The van der Waals surface area contributed by atoms with Gasteiger partial charge in [0.15, 0.2) is 0 Å². The Kier molecular flexibility index (Phi) is 5.10. The predicted octanol–water partition coefficient (Wildman–Crippen LogP) is -2.76.